The third kappa shape index (κ3) is 4.56. The summed E-state index contributed by atoms with van der Waals surface area (Å²) in [6, 6.07) is 9.02. The van der Waals surface area contributed by atoms with E-state index < -0.39 is 0 Å². The Morgan fingerprint density at radius 1 is 1.37 bits per heavy atom. The number of nitrogens with two attached hydrogens (primary N) is 1. The van der Waals surface area contributed by atoms with Crippen LogP contribution in [-0.4, -0.2) is 37.7 Å². The minimum absolute atomic E-state index is 0.223. The molecule has 4 heteroatoms. The third-order valence-electron chi connectivity index (χ3n) is 3.60. The van der Waals surface area contributed by atoms with E-state index >= 15 is 0 Å². The van der Waals surface area contributed by atoms with Crippen molar-refractivity contribution < 1.29 is 4.74 Å². The van der Waals surface area contributed by atoms with E-state index in [2.05, 4.69) is 52.9 Å². The van der Waals surface area contributed by atoms with Crippen LogP contribution in [0.25, 0.3) is 0 Å². The molecule has 1 rings (SSSR count). The normalized spacial score (nSPS) is 14.6. The quantitative estimate of drug-likeness (QED) is 0.796. The average Bonchev–Trinajstić information content (AvgIpc) is 2.44. The highest BCUT2D eigenvalue weighted by molar-refractivity contribution is 9.10. The van der Waals surface area contributed by atoms with E-state index in [9.17, 15) is 0 Å². The Balaban J connectivity index is 2.98. The average molecular weight is 329 g/mol. The topological polar surface area (TPSA) is 38.5 Å². The molecule has 1 aromatic carbocycles. The fraction of sp³-hybridized carbons (Fsp3) is 0.600. The van der Waals surface area contributed by atoms with Crippen LogP contribution in [0.4, 0.5) is 0 Å². The molecule has 3 nitrogen and oxygen atoms in total. The number of methoxy groups -OCH3 is 1. The largest absolute Gasteiger partial charge is 0.383 e. The van der Waals surface area contributed by atoms with Crippen molar-refractivity contribution in [1.29, 1.82) is 0 Å². The highest BCUT2D eigenvalue weighted by Crippen LogP contribution is 2.29. The van der Waals surface area contributed by atoms with Gasteiger partial charge < -0.3 is 10.5 Å². The highest BCUT2D eigenvalue weighted by Gasteiger charge is 2.24. The van der Waals surface area contributed by atoms with E-state index in [1.165, 1.54) is 5.56 Å². The molecule has 0 saturated heterocycles. The number of hydrogen-bond acceptors (Lipinski definition) is 3. The summed E-state index contributed by atoms with van der Waals surface area (Å²) in [6.07, 6.45) is 1.10. The number of halogens is 1. The summed E-state index contributed by atoms with van der Waals surface area (Å²) < 4.78 is 6.36. The molecule has 0 amide bonds. The van der Waals surface area contributed by atoms with Crippen molar-refractivity contribution in [3.63, 3.8) is 0 Å². The zero-order valence-electron chi connectivity index (χ0n) is 12.1. The molecule has 19 heavy (non-hydrogen) atoms. The van der Waals surface area contributed by atoms with Crippen molar-refractivity contribution in [2.75, 3.05) is 26.8 Å². The number of rotatable bonds is 8. The molecule has 108 valence electrons. The standard InChI is InChI=1S/C15H25BrN2O/c1-4-12(2)18(9-10-19-3)15(11-17)13-7-5-6-8-14(13)16/h5-8,12,15H,4,9-11,17H2,1-3H3. The van der Waals surface area contributed by atoms with Crippen molar-refractivity contribution in [3.05, 3.63) is 34.3 Å². The van der Waals surface area contributed by atoms with Crippen LogP contribution < -0.4 is 5.73 Å². The second kappa shape index (κ2) is 8.69. The Morgan fingerprint density at radius 2 is 2.05 bits per heavy atom. The number of benzene rings is 1. The number of ether oxygens (including phenoxy) is 1. The molecule has 1 aromatic rings. The van der Waals surface area contributed by atoms with Crippen molar-refractivity contribution >= 4 is 15.9 Å². The van der Waals surface area contributed by atoms with Crippen LogP contribution >= 0.6 is 15.9 Å². The maximum Gasteiger partial charge on any atom is 0.0590 e. The van der Waals surface area contributed by atoms with E-state index in [4.69, 9.17) is 10.5 Å². The SMILES string of the molecule is CCC(C)N(CCOC)C(CN)c1ccccc1Br. The molecule has 0 fully saturated rings. The van der Waals surface area contributed by atoms with Gasteiger partial charge in [-0.05, 0) is 25.0 Å². The summed E-state index contributed by atoms with van der Waals surface area (Å²) in [6.45, 7) is 6.68. The van der Waals surface area contributed by atoms with Gasteiger partial charge >= 0.3 is 0 Å². The van der Waals surface area contributed by atoms with Gasteiger partial charge in [-0.1, -0.05) is 41.1 Å². The van der Waals surface area contributed by atoms with Crippen molar-refractivity contribution in [1.82, 2.24) is 4.90 Å². The summed E-state index contributed by atoms with van der Waals surface area (Å²) in [5.41, 5.74) is 7.29. The molecule has 0 spiro atoms. The maximum atomic E-state index is 6.04. The van der Waals surface area contributed by atoms with E-state index in [-0.39, 0.29) is 6.04 Å². The molecule has 0 heterocycles. The van der Waals surface area contributed by atoms with E-state index in [0.717, 1.165) is 24.0 Å². The van der Waals surface area contributed by atoms with Crippen molar-refractivity contribution in [2.45, 2.75) is 32.4 Å². The summed E-state index contributed by atoms with van der Waals surface area (Å²) in [7, 11) is 1.74. The molecule has 2 atom stereocenters. The van der Waals surface area contributed by atoms with Gasteiger partial charge in [0.25, 0.3) is 0 Å². The van der Waals surface area contributed by atoms with Gasteiger partial charge in [-0.2, -0.15) is 0 Å². The Bertz CT molecular complexity index is 373. The van der Waals surface area contributed by atoms with E-state index in [0.29, 0.717) is 12.6 Å². The van der Waals surface area contributed by atoms with Crippen LogP contribution in [0.2, 0.25) is 0 Å². The van der Waals surface area contributed by atoms with Crippen molar-refractivity contribution in [2.24, 2.45) is 5.73 Å². The van der Waals surface area contributed by atoms with E-state index in [1.54, 1.807) is 7.11 Å². The van der Waals surface area contributed by atoms with Crippen LogP contribution in [0.1, 0.15) is 31.9 Å². The fourth-order valence-electron chi connectivity index (χ4n) is 2.30. The van der Waals surface area contributed by atoms with Crippen molar-refractivity contribution in [3.8, 4) is 0 Å². The zero-order chi connectivity index (χ0) is 14.3. The predicted octanol–water partition coefficient (Wildman–Crippen LogP) is 3.20. The zero-order valence-corrected chi connectivity index (χ0v) is 13.7. The summed E-state index contributed by atoms with van der Waals surface area (Å²) >= 11 is 3.63. The number of hydrogen-bond donors (Lipinski definition) is 1. The smallest absolute Gasteiger partial charge is 0.0590 e. The lowest BCUT2D eigenvalue weighted by atomic mass is 10.0. The first-order chi connectivity index (χ1) is 9.15. The summed E-state index contributed by atoms with van der Waals surface area (Å²) in [5, 5.41) is 0. The molecular weight excluding hydrogens is 304 g/mol. The molecular formula is C15H25BrN2O. The molecule has 0 aliphatic rings. The van der Waals surface area contributed by atoms with Crippen LogP contribution in [0.3, 0.4) is 0 Å². The molecule has 0 aliphatic heterocycles. The van der Waals surface area contributed by atoms with Gasteiger partial charge in [0.15, 0.2) is 0 Å². The Hall–Kier alpha value is -0.420. The lowest BCUT2D eigenvalue weighted by Gasteiger charge is -2.36. The van der Waals surface area contributed by atoms with Crippen LogP contribution in [-0.2, 0) is 4.74 Å². The number of nitrogens with zero attached hydrogens (tertiary/aromatic N) is 1. The first kappa shape index (κ1) is 16.6. The molecule has 0 bridgehead atoms. The Kier molecular flexibility index (Phi) is 7.61. The van der Waals surface area contributed by atoms with Gasteiger partial charge in [-0.3, -0.25) is 4.90 Å². The van der Waals surface area contributed by atoms with Crippen LogP contribution in [0.5, 0.6) is 0 Å². The van der Waals surface area contributed by atoms with Crippen LogP contribution in [0, 0.1) is 0 Å². The lowest BCUT2D eigenvalue weighted by molar-refractivity contribution is 0.0900. The molecule has 0 saturated carbocycles. The maximum absolute atomic E-state index is 6.04. The second-order valence-electron chi connectivity index (χ2n) is 4.76. The monoisotopic (exact) mass is 328 g/mol. The van der Waals surface area contributed by atoms with Gasteiger partial charge in [-0.15, -0.1) is 0 Å². The van der Waals surface area contributed by atoms with Crippen LogP contribution in [0.15, 0.2) is 28.7 Å². The Labute approximate surface area is 125 Å². The molecule has 0 radical (unpaired) electrons. The van der Waals surface area contributed by atoms with Gasteiger partial charge in [0.1, 0.15) is 0 Å². The second-order valence-corrected chi connectivity index (χ2v) is 5.62. The molecule has 0 aliphatic carbocycles. The van der Waals surface area contributed by atoms with Gasteiger partial charge in [0.05, 0.1) is 6.61 Å². The Morgan fingerprint density at radius 3 is 2.58 bits per heavy atom. The lowest BCUT2D eigenvalue weighted by Crippen LogP contribution is -2.41. The fourth-order valence-corrected chi connectivity index (χ4v) is 2.85. The van der Waals surface area contributed by atoms with E-state index in [1.807, 2.05) is 6.07 Å². The van der Waals surface area contributed by atoms with Gasteiger partial charge in [0.2, 0.25) is 0 Å². The van der Waals surface area contributed by atoms with Gasteiger partial charge in [-0.25, -0.2) is 0 Å². The predicted molar refractivity (Wildman–Crippen MR) is 84.3 cm³/mol. The minimum Gasteiger partial charge on any atom is -0.383 e. The summed E-state index contributed by atoms with van der Waals surface area (Å²) in [5.74, 6) is 0. The first-order valence-electron chi connectivity index (χ1n) is 6.84. The molecule has 0 aromatic heterocycles. The third-order valence-corrected chi connectivity index (χ3v) is 4.32. The molecule has 2 unspecified atom stereocenters. The first-order valence-corrected chi connectivity index (χ1v) is 7.64. The minimum atomic E-state index is 0.223. The summed E-state index contributed by atoms with van der Waals surface area (Å²) in [4.78, 5) is 2.43. The molecule has 2 N–H and O–H groups in total. The van der Waals surface area contributed by atoms with Gasteiger partial charge in [0, 0.05) is 36.8 Å². The highest BCUT2D eigenvalue weighted by atomic mass is 79.9.